The number of amides is 1. The lowest BCUT2D eigenvalue weighted by atomic mass is 9.78. The van der Waals surface area contributed by atoms with E-state index < -0.39 is 23.4 Å². The summed E-state index contributed by atoms with van der Waals surface area (Å²) in [7, 11) is 1.54. The lowest BCUT2D eigenvalue weighted by Crippen LogP contribution is -2.54. The second-order valence-corrected chi connectivity index (χ2v) is 7.80. The van der Waals surface area contributed by atoms with E-state index in [1.165, 1.54) is 7.11 Å². The fourth-order valence-corrected chi connectivity index (χ4v) is 4.87. The van der Waals surface area contributed by atoms with Gasteiger partial charge in [-0.15, -0.1) is 0 Å². The number of methoxy groups -OCH3 is 1. The Bertz CT molecular complexity index is 950. The summed E-state index contributed by atoms with van der Waals surface area (Å²) in [4.78, 5) is 24.9. The average molecular weight is 432 g/mol. The summed E-state index contributed by atoms with van der Waals surface area (Å²) >= 11 is 3.44. The van der Waals surface area contributed by atoms with E-state index in [0.717, 1.165) is 4.47 Å². The SMILES string of the molecule is COc1ccc(Br)cc1[C@@H]1[C@H](C)N[C@@]2(C(=O)Nc3ccccc32)[C@@H]1[N+](=O)[O-]. The Hall–Kier alpha value is -2.45. The molecule has 8 heteroatoms. The number of nitrogens with zero attached hydrogens (tertiary/aromatic N) is 1. The number of ether oxygens (including phenoxy) is 1. The summed E-state index contributed by atoms with van der Waals surface area (Å²) in [6, 6.07) is 11.0. The maximum absolute atomic E-state index is 13.0. The van der Waals surface area contributed by atoms with Gasteiger partial charge in [0.15, 0.2) is 5.54 Å². The molecule has 2 aliphatic heterocycles. The van der Waals surface area contributed by atoms with Gasteiger partial charge in [0, 0.05) is 32.3 Å². The molecule has 1 spiro atoms. The monoisotopic (exact) mass is 431 g/mol. The number of para-hydroxylation sites is 1. The predicted octanol–water partition coefficient (Wildman–Crippen LogP) is 3.03. The molecule has 1 saturated heterocycles. The summed E-state index contributed by atoms with van der Waals surface area (Å²) < 4.78 is 6.26. The van der Waals surface area contributed by atoms with Gasteiger partial charge in [0.1, 0.15) is 5.75 Å². The van der Waals surface area contributed by atoms with Gasteiger partial charge in [0.05, 0.1) is 13.0 Å². The van der Waals surface area contributed by atoms with E-state index in [0.29, 0.717) is 22.6 Å². The first-order valence-electron chi connectivity index (χ1n) is 8.55. The molecule has 1 amide bonds. The van der Waals surface area contributed by atoms with E-state index >= 15 is 0 Å². The first kappa shape index (κ1) is 17.9. The molecular weight excluding hydrogens is 414 g/mol. The number of benzene rings is 2. The normalized spacial score (nSPS) is 28.9. The van der Waals surface area contributed by atoms with Gasteiger partial charge in [-0.3, -0.25) is 20.2 Å². The van der Waals surface area contributed by atoms with Crippen molar-refractivity contribution >= 4 is 27.5 Å². The van der Waals surface area contributed by atoms with Gasteiger partial charge >= 0.3 is 0 Å². The number of carbonyl (C=O) groups excluding carboxylic acids is 1. The van der Waals surface area contributed by atoms with Crippen LogP contribution in [0.3, 0.4) is 0 Å². The smallest absolute Gasteiger partial charge is 0.256 e. The Balaban J connectivity index is 1.93. The van der Waals surface area contributed by atoms with E-state index in [4.69, 9.17) is 4.74 Å². The molecular formula is C19H18BrN3O4. The number of anilines is 1. The second kappa shape index (κ2) is 6.31. The molecule has 1 fully saturated rings. The van der Waals surface area contributed by atoms with Crippen LogP contribution in [0.2, 0.25) is 0 Å². The van der Waals surface area contributed by atoms with E-state index in [9.17, 15) is 14.9 Å². The molecule has 4 atom stereocenters. The van der Waals surface area contributed by atoms with Crippen molar-refractivity contribution in [1.29, 1.82) is 0 Å². The van der Waals surface area contributed by atoms with Crippen molar-refractivity contribution in [3.05, 3.63) is 68.2 Å². The topological polar surface area (TPSA) is 93.5 Å². The first-order chi connectivity index (χ1) is 12.9. The number of hydrogen-bond acceptors (Lipinski definition) is 5. The largest absolute Gasteiger partial charge is 0.496 e. The van der Waals surface area contributed by atoms with Gasteiger partial charge in [-0.25, -0.2) is 0 Å². The van der Waals surface area contributed by atoms with Crippen molar-refractivity contribution in [3.8, 4) is 5.75 Å². The molecule has 0 aliphatic carbocycles. The summed E-state index contributed by atoms with van der Waals surface area (Å²) in [6.45, 7) is 1.87. The predicted molar refractivity (Wildman–Crippen MR) is 104 cm³/mol. The van der Waals surface area contributed by atoms with Crippen molar-refractivity contribution < 1.29 is 14.5 Å². The molecule has 2 aromatic rings. The molecule has 140 valence electrons. The third-order valence-electron chi connectivity index (χ3n) is 5.51. The van der Waals surface area contributed by atoms with Crippen molar-refractivity contribution in [3.63, 3.8) is 0 Å². The number of nitrogens with one attached hydrogen (secondary N) is 2. The fraction of sp³-hybridized carbons (Fsp3) is 0.316. The maximum Gasteiger partial charge on any atom is 0.256 e. The maximum atomic E-state index is 13.0. The molecule has 4 rings (SSSR count). The second-order valence-electron chi connectivity index (χ2n) is 6.88. The molecule has 0 radical (unpaired) electrons. The van der Waals surface area contributed by atoms with Gasteiger partial charge in [0.25, 0.3) is 11.9 Å². The Morgan fingerprint density at radius 3 is 2.70 bits per heavy atom. The molecule has 7 nitrogen and oxygen atoms in total. The fourth-order valence-electron chi connectivity index (χ4n) is 4.49. The third kappa shape index (κ3) is 2.47. The molecule has 2 aromatic carbocycles. The summed E-state index contributed by atoms with van der Waals surface area (Å²) in [5, 5.41) is 18.3. The van der Waals surface area contributed by atoms with Crippen molar-refractivity contribution in [2.24, 2.45) is 0 Å². The number of hydrogen-bond donors (Lipinski definition) is 2. The molecule has 0 bridgehead atoms. The number of carbonyl (C=O) groups is 1. The standard InChI is InChI=1S/C19H18BrN3O4/c1-10-16(12-9-11(20)7-8-15(12)27-2)17(23(25)26)19(22-10)13-5-3-4-6-14(13)21-18(19)24/h3-10,16-17,22H,1-2H3,(H,21,24)/t10-,16-,17+,19+/m0/s1. The molecule has 0 saturated carbocycles. The van der Waals surface area contributed by atoms with Crippen LogP contribution in [0, 0.1) is 10.1 Å². The van der Waals surface area contributed by atoms with Gasteiger partial charge < -0.3 is 10.1 Å². The summed E-state index contributed by atoms with van der Waals surface area (Å²) in [6.07, 6.45) is 0. The quantitative estimate of drug-likeness (QED) is 0.575. The zero-order valence-electron chi connectivity index (χ0n) is 14.7. The minimum atomic E-state index is -1.42. The van der Waals surface area contributed by atoms with Gasteiger partial charge in [-0.05, 0) is 31.2 Å². The average Bonchev–Trinajstić information content (AvgIpc) is 3.10. The minimum Gasteiger partial charge on any atom is -0.496 e. The number of rotatable bonds is 3. The van der Waals surface area contributed by atoms with Crippen LogP contribution < -0.4 is 15.4 Å². The summed E-state index contributed by atoms with van der Waals surface area (Å²) in [5.74, 6) is -0.384. The van der Waals surface area contributed by atoms with Crippen molar-refractivity contribution in [2.45, 2.75) is 30.5 Å². The highest BCUT2D eigenvalue weighted by Crippen LogP contribution is 2.51. The molecule has 27 heavy (non-hydrogen) atoms. The van der Waals surface area contributed by atoms with E-state index in [1.807, 2.05) is 19.1 Å². The van der Waals surface area contributed by atoms with Crippen LogP contribution in [0.1, 0.15) is 24.0 Å². The minimum absolute atomic E-state index is 0.319. The molecule has 0 aromatic heterocycles. The Kier molecular flexibility index (Phi) is 4.20. The lowest BCUT2D eigenvalue weighted by Gasteiger charge is -2.26. The molecule has 2 N–H and O–H groups in total. The van der Waals surface area contributed by atoms with Crippen molar-refractivity contribution in [2.75, 3.05) is 12.4 Å². The third-order valence-corrected chi connectivity index (χ3v) is 6.01. The zero-order chi connectivity index (χ0) is 19.3. The number of nitro groups is 1. The molecule has 2 heterocycles. The number of halogens is 1. The van der Waals surface area contributed by atoms with Crippen LogP contribution in [0.4, 0.5) is 5.69 Å². The van der Waals surface area contributed by atoms with Crippen LogP contribution in [0.15, 0.2) is 46.9 Å². The van der Waals surface area contributed by atoms with Crippen LogP contribution in [-0.4, -0.2) is 30.0 Å². The Labute approximate surface area is 164 Å². The van der Waals surface area contributed by atoms with Crippen LogP contribution in [0.5, 0.6) is 5.75 Å². The first-order valence-corrected chi connectivity index (χ1v) is 9.35. The van der Waals surface area contributed by atoms with Gasteiger partial charge in [-0.1, -0.05) is 34.1 Å². The van der Waals surface area contributed by atoms with Crippen LogP contribution in [-0.2, 0) is 10.3 Å². The van der Waals surface area contributed by atoms with E-state index in [2.05, 4.69) is 26.6 Å². The Morgan fingerprint density at radius 1 is 1.26 bits per heavy atom. The molecule has 0 unspecified atom stereocenters. The Morgan fingerprint density at radius 2 is 2.00 bits per heavy atom. The van der Waals surface area contributed by atoms with E-state index in [-0.39, 0.29) is 11.0 Å². The lowest BCUT2D eigenvalue weighted by molar-refractivity contribution is -0.532. The highest BCUT2D eigenvalue weighted by Gasteiger charge is 2.67. The van der Waals surface area contributed by atoms with Crippen LogP contribution in [0.25, 0.3) is 0 Å². The van der Waals surface area contributed by atoms with Crippen LogP contribution >= 0.6 is 15.9 Å². The number of fused-ring (bicyclic) bond motifs is 2. The van der Waals surface area contributed by atoms with E-state index in [1.54, 1.807) is 30.3 Å². The highest BCUT2D eigenvalue weighted by molar-refractivity contribution is 9.10. The molecule has 2 aliphatic rings. The van der Waals surface area contributed by atoms with Crippen molar-refractivity contribution in [1.82, 2.24) is 5.32 Å². The zero-order valence-corrected chi connectivity index (χ0v) is 16.3. The summed E-state index contributed by atoms with van der Waals surface area (Å²) in [5.41, 5.74) is 0.496. The highest BCUT2D eigenvalue weighted by atomic mass is 79.9. The van der Waals surface area contributed by atoms with Gasteiger partial charge in [-0.2, -0.15) is 0 Å². The van der Waals surface area contributed by atoms with Gasteiger partial charge in [0.2, 0.25) is 0 Å².